The molecule has 0 heterocycles. The zero-order valence-corrected chi connectivity index (χ0v) is 15.0. The standard InChI is InChI=1S/C13H19Cl2N3.HI/c1-9(2)5-6-17-13(16)18-8-10-3-4-11(14)7-12(10)15;/h3-4,7,9H,5-6,8H2,1-2H3,(H3,16,17,18);1H. The molecule has 3 nitrogen and oxygen atoms in total. The maximum atomic E-state index is 6.04. The molecule has 0 atom stereocenters. The average molecular weight is 416 g/mol. The van der Waals surface area contributed by atoms with Crippen molar-refractivity contribution in [3.05, 3.63) is 33.8 Å². The highest BCUT2D eigenvalue weighted by Crippen LogP contribution is 2.21. The van der Waals surface area contributed by atoms with Gasteiger partial charge >= 0.3 is 0 Å². The van der Waals surface area contributed by atoms with Crippen LogP contribution >= 0.6 is 47.2 Å². The van der Waals surface area contributed by atoms with E-state index in [0.29, 0.717) is 28.5 Å². The van der Waals surface area contributed by atoms with Crippen LogP contribution in [-0.2, 0) is 6.54 Å². The van der Waals surface area contributed by atoms with Gasteiger partial charge in [-0.15, -0.1) is 24.0 Å². The fourth-order valence-corrected chi connectivity index (χ4v) is 1.83. The number of guanidine groups is 1. The number of aliphatic imine (C=N–C) groups is 1. The second-order valence-electron chi connectivity index (χ2n) is 4.55. The van der Waals surface area contributed by atoms with E-state index in [4.69, 9.17) is 28.9 Å². The number of hydrogen-bond acceptors (Lipinski definition) is 1. The number of rotatable bonds is 5. The number of halogens is 3. The van der Waals surface area contributed by atoms with Gasteiger partial charge in [0.2, 0.25) is 0 Å². The molecule has 1 aromatic carbocycles. The van der Waals surface area contributed by atoms with E-state index in [2.05, 4.69) is 24.2 Å². The van der Waals surface area contributed by atoms with E-state index in [0.717, 1.165) is 18.5 Å². The number of nitrogens with two attached hydrogens (primary N) is 1. The van der Waals surface area contributed by atoms with Gasteiger partial charge in [0.15, 0.2) is 5.96 Å². The summed E-state index contributed by atoms with van der Waals surface area (Å²) in [5, 5.41) is 4.31. The van der Waals surface area contributed by atoms with E-state index in [1.54, 1.807) is 12.1 Å². The Bertz CT molecular complexity index is 422. The summed E-state index contributed by atoms with van der Waals surface area (Å²) in [6.07, 6.45) is 1.07. The van der Waals surface area contributed by atoms with Gasteiger partial charge in [0.05, 0.1) is 6.54 Å². The number of benzene rings is 1. The third-order valence-corrected chi connectivity index (χ3v) is 3.05. The van der Waals surface area contributed by atoms with Gasteiger partial charge in [-0.3, -0.25) is 0 Å². The molecule has 0 radical (unpaired) electrons. The van der Waals surface area contributed by atoms with Crippen LogP contribution in [0.4, 0.5) is 0 Å². The van der Waals surface area contributed by atoms with Gasteiger partial charge in [0, 0.05) is 16.6 Å². The Kier molecular flexibility index (Phi) is 9.56. The summed E-state index contributed by atoms with van der Waals surface area (Å²) >= 11 is 11.9. The summed E-state index contributed by atoms with van der Waals surface area (Å²) in [5.41, 5.74) is 6.67. The topological polar surface area (TPSA) is 50.4 Å². The lowest BCUT2D eigenvalue weighted by atomic mass is 10.1. The van der Waals surface area contributed by atoms with Gasteiger partial charge in [-0.1, -0.05) is 43.1 Å². The smallest absolute Gasteiger partial charge is 0.188 e. The molecular formula is C13H20Cl2IN3. The first-order valence-corrected chi connectivity index (χ1v) is 6.72. The molecule has 0 bridgehead atoms. The molecule has 3 N–H and O–H groups in total. The molecule has 0 spiro atoms. The molecule has 0 amide bonds. The average Bonchev–Trinajstić information content (AvgIpc) is 2.27. The lowest BCUT2D eigenvalue weighted by Crippen LogP contribution is -2.32. The van der Waals surface area contributed by atoms with E-state index in [1.807, 2.05) is 6.07 Å². The minimum absolute atomic E-state index is 0. The lowest BCUT2D eigenvalue weighted by molar-refractivity contribution is 0.576. The minimum Gasteiger partial charge on any atom is -0.370 e. The van der Waals surface area contributed by atoms with Crippen molar-refractivity contribution in [2.24, 2.45) is 16.6 Å². The molecule has 1 rings (SSSR count). The zero-order chi connectivity index (χ0) is 13.5. The van der Waals surface area contributed by atoms with Gasteiger partial charge in [-0.2, -0.15) is 0 Å². The van der Waals surface area contributed by atoms with Crippen molar-refractivity contribution >= 4 is 53.1 Å². The predicted molar refractivity (Wildman–Crippen MR) is 94.7 cm³/mol. The number of nitrogens with one attached hydrogen (secondary N) is 1. The van der Waals surface area contributed by atoms with Crippen molar-refractivity contribution in [3.8, 4) is 0 Å². The van der Waals surface area contributed by atoms with Crippen molar-refractivity contribution in [2.45, 2.75) is 26.8 Å². The molecule has 0 saturated carbocycles. The first-order valence-electron chi connectivity index (χ1n) is 5.96. The number of nitrogens with zero attached hydrogens (tertiary/aromatic N) is 1. The third kappa shape index (κ3) is 7.84. The Hall–Kier alpha value is -0.200. The van der Waals surface area contributed by atoms with E-state index >= 15 is 0 Å². The molecule has 0 aliphatic rings. The Morgan fingerprint density at radius 1 is 1.37 bits per heavy atom. The highest BCUT2D eigenvalue weighted by molar-refractivity contribution is 14.0. The van der Waals surface area contributed by atoms with Crippen molar-refractivity contribution in [2.75, 3.05) is 6.54 Å². The van der Waals surface area contributed by atoms with E-state index in [1.165, 1.54) is 0 Å². The fraction of sp³-hybridized carbons (Fsp3) is 0.462. The highest BCUT2D eigenvalue weighted by Gasteiger charge is 2.01. The molecule has 1 aromatic rings. The molecule has 0 unspecified atom stereocenters. The van der Waals surface area contributed by atoms with Crippen molar-refractivity contribution in [3.63, 3.8) is 0 Å². The summed E-state index contributed by atoms with van der Waals surface area (Å²) < 4.78 is 0. The van der Waals surface area contributed by atoms with Crippen LogP contribution in [0.25, 0.3) is 0 Å². The van der Waals surface area contributed by atoms with Crippen LogP contribution in [0.3, 0.4) is 0 Å². The molecule has 0 fully saturated rings. The Morgan fingerprint density at radius 3 is 2.63 bits per heavy atom. The van der Waals surface area contributed by atoms with Crippen molar-refractivity contribution in [1.29, 1.82) is 0 Å². The summed E-state index contributed by atoms with van der Waals surface area (Å²) in [6.45, 7) is 5.63. The molecule has 6 heteroatoms. The molecule has 108 valence electrons. The maximum Gasteiger partial charge on any atom is 0.188 e. The SMILES string of the molecule is CC(C)CCNC(N)=NCc1ccc(Cl)cc1Cl.I. The van der Waals surface area contributed by atoms with Crippen LogP contribution in [0.1, 0.15) is 25.8 Å². The van der Waals surface area contributed by atoms with Crippen molar-refractivity contribution < 1.29 is 0 Å². The van der Waals surface area contributed by atoms with Gasteiger partial charge in [-0.05, 0) is 30.0 Å². The van der Waals surface area contributed by atoms with Crippen LogP contribution in [0.5, 0.6) is 0 Å². The summed E-state index contributed by atoms with van der Waals surface area (Å²) in [6, 6.07) is 5.35. The lowest BCUT2D eigenvalue weighted by Gasteiger charge is -2.08. The van der Waals surface area contributed by atoms with Crippen LogP contribution in [0.2, 0.25) is 10.0 Å². The normalized spacial score (nSPS) is 11.3. The monoisotopic (exact) mass is 415 g/mol. The number of hydrogen-bond donors (Lipinski definition) is 2. The molecule has 0 aliphatic heterocycles. The fourth-order valence-electron chi connectivity index (χ4n) is 1.37. The summed E-state index contributed by atoms with van der Waals surface area (Å²) in [4.78, 5) is 4.24. The second-order valence-corrected chi connectivity index (χ2v) is 5.39. The largest absolute Gasteiger partial charge is 0.370 e. The quantitative estimate of drug-likeness (QED) is 0.432. The highest BCUT2D eigenvalue weighted by atomic mass is 127. The molecule has 0 saturated heterocycles. The minimum atomic E-state index is 0. The van der Waals surface area contributed by atoms with E-state index in [9.17, 15) is 0 Å². The first-order chi connectivity index (χ1) is 8.49. The predicted octanol–water partition coefficient (Wildman–Crippen LogP) is 4.06. The molecular weight excluding hydrogens is 396 g/mol. The maximum absolute atomic E-state index is 6.04. The summed E-state index contributed by atoms with van der Waals surface area (Å²) in [5.74, 6) is 1.10. The molecule has 0 aromatic heterocycles. The molecule has 19 heavy (non-hydrogen) atoms. The Labute approximate surface area is 142 Å². The molecule has 0 aliphatic carbocycles. The van der Waals surface area contributed by atoms with E-state index in [-0.39, 0.29) is 24.0 Å². The third-order valence-electron chi connectivity index (χ3n) is 2.46. The zero-order valence-electron chi connectivity index (χ0n) is 11.1. The van der Waals surface area contributed by atoms with Crippen LogP contribution in [-0.4, -0.2) is 12.5 Å². The Morgan fingerprint density at radius 2 is 2.05 bits per heavy atom. The van der Waals surface area contributed by atoms with Gasteiger partial charge in [0.25, 0.3) is 0 Å². The van der Waals surface area contributed by atoms with Crippen LogP contribution in [0, 0.1) is 5.92 Å². The van der Waals surface area contributed by atoms with Gasteiger partial charge in [0.1, 0.15) is 0 Å². The van der Waals surface area contributed by atoms with Gasteiger partial charge < -0.3 is 11.1 Å². The first kappa shape index (κ1) is 18.8. The van der Waals surface area contributed by atoms with Gasteiger partial charge in [-0.25, -0.2) is 4.99 Å². The van der Waals surface area contributed by atoms with E-state index < -0.39 is 0 Å². The summed E-state index contributed by atoms with van der Waals surface area (Å²) in [7, 11) is 0. The van der Waals surface area contributed by atoms with Crippen molar-refractivity contribution in [1.82, 2.24) is 5.32 Å². The van der Waals surface area contributed by atoms with Crippen LogP contribution in [0.15, 0.2) is 23.2 Å². The Balaban J connectivity index is 0.00000324. The van der Waals surface area contributed by atoms with Crippen LogP contribution < -0.4 is 11.1 Å². The second kappa shape index (κ2) is 9.66.